The van der Waals surface area contributed by atoms with Crippen LogP contribution in [0, 0.1) is 39.9 Å². The van der Waals surface area contributed by atoms with Gasteiger partial charge in [0.05, 0.1) is 17.4 Å². The summed E-state index contributed by atoms with van der Waals surface area (Å²) in [6.45, 7) is 12.1. The van der Waals surface area contributed by atoms with Crippen LogP contribution in [-0.4, -0.2) is 48.4 Å². The fourth-order valence-electron chi connectivity index (χ4n) is 8.02. The molecular formula is C29H36O7. The maximum absolute atomic E-state index is 14.0. The summed E-state index contributed by atoms with van der Waals surface area (Å²) < 4.78 is 12.0. The zero-order valence-electron chi connectivity index (χ0n) is 22.3. The van der Waals surface area contributed by atoms with Crippen molar-refractivity contribution in [2.45, 2.75) is 67.1 Å². The van der Waals surface area contributed by atoms with E-state index in [-0.39, 0.29) is 35.5 Å². The Bertz CT molecular complexity index is 1150. The SMILES string of the molecule is COC1C2C(C(=O)C=CC2(C)C)C2CC(=O)C3(C)C(=CC(=O)C3C(C)=CC(C)=O)C2(C)C1OC(C)=O. The molecule has 4 rings (SSSR count). The minimum Gasteiger partial charge on any atom is -0.459 e. The first-order valence-corrected chi connectivity index (χ1v) is 12.5. The Labute approximate surface area is 212 Å². The lowest BCUT2D eigenvalue weighted by Gasteiger charge is -2.63. The lowest BCUT2D eigenvalue weighted by Crippen LogP contribution is -2.69. The number of carbonyl (C=O) groups excluding carboxylic acids is 5. The van der Waals surface area contributed by atoms with Gasteiger partial charge in [0.2, 0.25) is 0 Å². The molecule has 0 saturated heterocycles. The lowest BCUT2D eigenvalue weighted by atomic mass is 9.41. The van der Waals surface area contributed by atoms with Gasteiger partial charge in [0.15, 0.2) is 17.3 Å². The first-order chi connectivity index (χ1) is 16.6. The van der Waals surface area contributed by atoms with Crippen LogP contribution in [0.1, 0.15) is 54.9 Å². The third-order valence-corrected chi connectivity index (χ3v) is 9.42. The van der Waals surface area contributed by atoms with Gasteiger partial charge in [0.25, 0.3) is 0 Å². The van der Waals surface area contributed by atoms with E-state index in [4.69, 9.17) is 9.47 Å². The molecule has 7 heteroatoms. The Morgan fingerprint density at radius 3 is 2.22 bits per heavy atom. The van der Waals surface area contributed by atoms with Crippen molar-refractivity contribution in [1.82, 2.24) is 0 Å². The number of carbonyl (C=O) groups is 5. The smallest absolute Gasteiger partial charge is 0.303 e. The van der Waals surface area contributed by atoms with Gasteiger partial charge >= 0.3 is 5.97 Å². The van der Waals surface area contributed by atoms with Crippen LogP contribution in [0.15, 0.2) is 35.5 Å². The molecule has 0 amide bonds. The molecule has 4 aliphatic carbocycles. The van der Waals surface area contributed by atoms with Gasteiger partial charge in [-0.25, -0.2) is 0 Å². The van der Waals surface area contributed by atoms with Crippen LogP contribution in [-0.2, 0) is 33.4 Å². The van der Waals surface area contributed by atoms with Crippen LogP contribution in [0.4, 0.5) is 0 Å². The third-order valence-electron chi connectivity index (χ3n) is 9.42. The summed E-state index contributed by atoms with van der Waals surface area (Å²) in [5, 5.41) is 0. The number of ether oxygens (including phenoxy) is 2. The quantitative estimate of drug-likeness (QED) is 0.433. The number of ketones is 4. The van der Waals surface area contributed by atoms with Crippen molar-refractivity contribution in [3.8, 4) is 0 Å². The van der Waals surface area contributed by atoms with Crippen LogP contribution >= 0.6 is 0 Å². The number of fused-ring (bicyclic) bond motifs is 5. The number of Topliss-reactive ketones (excluding diaryl/α,β-unsaturated/α-hetero) is 1. The monoisotopic (exact) mass is 496 g/mol. The topological polar surface area (TPSA) is 104 Å². The van der Waals surface area contributed by atoms with Crippen molar-refractivity contribution in [3.05, 3.63) is 35.5 Å². The van der Waals surface area contributed by atoms with E-state index in [1.165, 1.54) is 26.0 Å². The van der Waals surface area contributed by atoms with Gasteiger partial charge in [-0.15, -0.1) is 0 Å². The zero-order valence-corrected chi connectivity index (χ0v) is 22.3. The fraction of sp³-hybridized carbons (Fsp3) is 0.621. The Hall–Kier alpha value is -2.67. The van der Waals surface area contributed by atoms with E-state index in [2.05, 4.69) is 0 Å². The second-order valence-corrected chi connectivity index (χ2v) is 12.0. The van der Waals surface area contributed by atoms with Crippen LogP contribution in [0.3, 0.4) is 0 Å². The van der Waals surface area contributed by atoms with E-state index >= 15 is 0 Å². The van der Waals surface area contributed by atoms with Crippen LogP contribution in [0.25, 0.3) is 0 Å². The summed E-state index contributed by atoms with van der Waals surface area (Å²) in [4.78, 5) is 65.2. The highest BCUT2D eigenvalue weighted by Crippen LogP contribution is 2.68. The minimum absolute atomic E-state index is 0.0620. The summed E-state index contributed by atoms with van der Waals surface area (Å²) in [5.41, 5.74) is -1.59. The van der Waals surface area contributed by atoms with Gasteiger partial charge in [-0.2, -0.15) is 0 Å². The van der Waals surface area contributed by atoms with E-state index in [0.29, 0.717) is 11.1 Å². The highest BCUT2D eigenvalue weighted by Gasteiger charge is 2.72. The molecule has 0 aromatic rings. The number of allylic oxidation sites excluding steroid dienone is 5. The summed E-state index contributed by atoms with van der Waals surface area (Å²) >= 11 is 0. The van der Waals surface area contributed by atoms with E-state index in [1.54, 1.807) is 27.0 Å². The molecule has 0 radical (unpaired) electrons. The molecule has 36 heavy (non-hydrogen) atoms. The molecular weight excluding hydrogens is 460 g/mol. The number of esters is 1. The molecule has 0 aliphatic heterocycles. The second kappa shape index (κ2) is 8.44. The lowest BCUT2D eigenvalue weighted by molar-refractivity contribution is -0.215. The molecule has 0 aromatic heterocycles. The number of hydrogen-bond acceptors (Lipinski definition) is 7. The van der Waals surface area contributed by atoms with Gasteiger partial charge in [0.1, 0.15) is 11.9 Å². The highest BCUT2D eigenvalue weighted by atomic mass is 16.6. The summed E-state index contributed by atoms with van der Waals surface area (Å²) in [6.07, 6.45) is 4.99. The molecule has 2 saturated carbocycles. The van der Waals surface area contributed by atoms with Crippen molar-refractivity contribution in [2.75, 3.05) is 7.11 Å². The number of methoxy groups -OCH3 is 1. The summed E-state index contributed by atoms with van der Waals surface area (Å²) in [7, 11) is 1.55. The average Bonchev–Trinajstić information content (AvgIpc) is 3.04. The molecule has 4 aliphatic rings. The van der Waals surface area contributed by atoms with Crippen molar-refractivity contribution in [1.29, 1.82) is 0 Å². The summed E-state index contributed by atoms with van der Waals surface area (Å²) in [6, 6.07) is 0. The van der Waals surface area contributed by atoms with Crippen molar-refractivity contribution in [2.24, 2.45) is 39.9 Å². The average molecular weight is 497 g/mol. The maximum atomic E-state index is 14.0. The van der Waals surface area contributed by atoms with E-state index in [0.717, 1.165) is 0 Å². The molecule has 0 N–H and O–H groups in total. The second-order valence-electron chi connectivity index (χ2n) is 12.0. The van der Waals surface area contributed by atoms with Gasteiger partial charge < -0.3 is 9.47 Å². The molecule has 0 bridgehead atoms. The predicted molar refractivity (Wildman–Crippen MR) is 132 cm³/mol. The van der Waals surface area contributed by atoms with Crippen LogP contribution in [0.2, 0.25) is 0 Å². The van der Waals surface area contributed by atoms with Gasteiger partial charge in [-0.1, -0.05) is 32.4 Å². The van der Waals surface area contributed by atoms with Crippen molar-refractivity contribution >= 4 is 29.1 Å². The van der Waals surface area contributed by atoms with E-state index in [1.807, 2.05) is 26.8 Å². The zero-order chi connectivity index (χ0) is 27.0. The largest absolute Gasteiger partial charge is 0.459 e. The van der Waals surface area contributed by atoms with Gasteiger partial charge in [-0.3, -0.25) is 24.0 Å². The predicted octanol–water partition coefficient (Wildman–Crippen LogP) is 3.61. The van der Waals surface area contributed by atoms with Crippen molar-refractivity contribution in [3.63, 3.8) is 0 Å². The van der Waals surface area contributed by atoms with Gasteiger partial charge in [0, 0.05) is 37.7 Å². The Morgan fingerprint density at radius 2 is 1.67 bits per heavy atom. The molecule has 0 spiro atoms. The normalized spacial score (nSPS) is 41.3. The number of rotatable bonds is 4. The maximum Gasteiger partial charge on any atom is 0.303 e. The van der Waals surface area contributed by atoms with Crippen LogP contribution in [0.5, 0.6) is 0 Å². The Kier molecular flexibility index (Phi) is 6.19. The summed E-state index contributed by atoms with van der Waals surface area (Å²) in [5.74, 6) is -3.35. The van der Waals surface area contributed by atoms with E-state index in [9.17, 15) is 24.0 Å². The fourth-order valence-corrected chi connectivity index (χ4v) is 8.02. The van der Waals surface area contributed by atoms with E-state index < -0.39 is 52.2 Å². The van der Waals surface area contributed by atoms with Gasteiger partial charge in [-0.05, 0) is 55.9 Å². The highest BCUT2D eigenvalue weighted by molar-refractivity contribution is 6.08. The first-order valence-electron chi connectivity index (χ1n) is 12.5. The molecule has 0 aromatic carbocycles. The molecule has 2 fully saturated rings. The standard InChI is InChI=1S/C29H36O7/c1-14(11-15(2)30)23-19(33)13-20-28(6)17(12-21(34)29(20,23)7)22-18(32)9-10-27(4,5)24(22)25(35-8)26(28)36-16(3)31/h9-11,13,17,22-26H,12H2,1-8H3. The minimum atomic E-state index is -1.22. The molecule has 8 atom stereocenters. The van der Waals surface area contributed by atoms with Crippen LogP contribution < -0.4 is 0 Å². The molecule has 8 unspecified atom stereocenters. The van der Waals surface area contributed by atoms with Crippen molar-refractivity contribution < 1.29 is 33.4 Å². The molecule has 194 valence electrons. The third kappa shape index (κ3) is 3.46. The molecule has 0 heterocycles. The Balaban J connectivity index is 1.98. The first kappa shape index (κ1) is 26.4. The molecule has 7 nitrogen and oxygen atoms in total. The number of hydrogen-bond donors (Lipinski definition) is 0. The Morgan fingerprint density at radius 1 is 1.03 bits per heavy atom.